The Morgan fingerprint density at radius 3 is 2.80 bits per heavy atom. The lowest BCUT2D eigenvalue weighted by Crippen LogP contribution is -2.24. The van der Waals surface area contributed by atoms with Crippen LogP contribution < -0.4 is 5.69 Å². The van der Waals surface area contributed by atoms with E-state index in [0.717, 1.165) is 0 Å². The van der Waals surface area contributed by atoms with Gasteiger partial charge in [-0.2, -0.15) is 0 Å². The van der Waals surface area contributed by atoms with Crippen molar-refractivity contribution in [3.63, 3.8) is 0 Å². The molecule has 2 aromatic heterocycles. The van der Waals surface area contributed by atoms with Crippen molar-refractivity contribution in [2.45, 2.75) is 6.54 Å². The molecule has 0 aliphatic carbocycles. The minimum atomic E-state index is -0.167. The number of aromatic nitrogens is 2. The molecule has 0 saturated carbocycles. The maximum Gasteiger partial charge on any atom is 0.328 e. The predicted molar refractivity (Wildman–Crippen MR) is 58.3 cm³/mol. The van der Waals surface area contributed by atoms with E-state index in [-0.39, 0.29) is 18.0 Å². The molecule has 0 aromatic carbocycles. The van der Waals surface area contributed by atoms with Crippen molar-refractivity contribution in [2.75, 3.05) is 0 Å². The number of hydrogen-bond donors (Lipinski definition) is 0. The van der Waals surface area contributed by atoms with Gasteiger partial charge in [-0.15, -0.1) is 11.3 Å². The molecule has 2 aromatic rings. The maximum absolute atomic E-state index is 11.7. The second kappa shape index (κ2) is 3.86. The van der Waals surface area contributed by atoms with E-state index in [9.17, 15) is 9.59 Å². The summed E-state index contributed by atoms with van der Waals surface area (Å²) in [5.74, 6) is -0.0294. The molecule has 0 aliphatic rings. The highest BCUT2D eigenvalue weighted by Gasteiger charge is 2.09. The van der Waals surface area contributed by atoms with Crippen molar-refractivity contribution in [1.82, 2.24) is 9.13 Å². The molecule has 2 rings (SSSR count). The minimum absolute atomic E-state index is 0.0294. The molecule has 0 spiro atoms. The fourth-order valence-electron chi connectivity index (χ4n) is 1.30. The predicted octanol–water partition coefficient (Wildman–Crippen LogP) is 1.13. The van der Waals surface area contributed by atoms with Gasteiger partial charge in [0.15, 0.2) is 5.78 Å². The molecule has 0 aliphatic heterocycles. The second-order valence-corrected chi connectivity index (χ2v) is 4.17. The van der Waals surface area contributed by atoms with Crippen LogP contribution in [0, 0.1) is 0 Å². The van der Waals surface area contributed by atoms with Gasteiger partial charge < -0.3 is 4.57 Å². The van der Waals surface area contributed by atoms with E-state index in [1.807, 2.05) is 11.4 Å². The summed E-state index contributed by atoms with van der Waals surface area (Å²) in [6.07, 6.45) is 3.26. The summed E-state index contributed by atoms with van der Waals surface area (Å²) in [5.41, 5.74) is -0.167. The molecule has 0 bridgehead atoms. The Hall–Kier alpha value is -1.62. The summed E-state index contributed by atoms with van der Waals surface area (Å²) in [7, 11) is 1.66. The number of carbonyl (C=O) groups excluding carboxylic acids is 1. The molecule has 0 fully saturated rings. The van der Waals surface area contributed by atoms with Crippen LogP contribution in [-0.4, -0.2) is 14.9 Å². The van der Waals surface area contributed by atoms with Crippen molar-refractivity contribution >= 4 is 17.1 Å². The quantitative estimate of drug-likeness (QED) is 0.731. The van der Waals surface area contributed by atoms with Gasteiger partial charge in [0.05, 0.1) is 11.4 Å². The van der Waals surface area contributed by atoms with Crippen LogP contribution >= 0.6 is 11.3 Å². The highest BCUT2D eigenvalue weighted by Crippen LogP contribution is 2.09. The Kier molecular flexibility index (Phi) is 2.55. The van der Waals surface area contributed by atoms with E-state index in [0.29, 0.717) is 4.88 Å². The van der Waals surface area contributed by atoms with Crippen LogP contribution in [0.15, 0.2) is 34.7 Å². The van der Waals surface area contributed by atoms with Gasteiger partial charge in [0.1, 0.15) is 0 Å². The van der Waals surface area contributed by atoms with Gasteiger partial charge in [0.25, 0.3) is 0 Å². The topological polar surface area (TPSA) is 44.0 Å². The van der Waals surface area contributed by atoms with Gasteiger partial charge in [-0.25, -0.2) is 4.79 Å². The summed E-state index contributed by atoms with van der Waals surface area (Å²) < 4.78 is 2.85. The Labute approximate surface area is 90.4 Å². The number of nitrogens with zero attached hydrogens (tertiary/aromatic N) is 2. The molecule has 4 nitrogen and oxygen atoms in total. The van der Waals surface area contributed by atoms with Gasteiger partial charge in [-0.1, -0.05) is 6.07 Å². The summed E-state index contributed by atoms with van der Waals surface area (Å²) in [5, 5.41) is 1.85. The zero-order chi connectivity index (χ0) is 10.8. The van der Waals surface area contributed by atoms with Gasteiger partial charge >= 0.3 is 5.69 Å². The van der Waals surface area contributed by atoms with E-state index in [4.69, 9.17) is 0 Å². The van der Waals surface area contributed by atoms with Crippen LogP contribution in [0.1, 0.15) is 9.67 Å². The van der Waals surface area contributed by atoms with E-state index >= 15 is 0 Å². The third-order valence-corrected chi connectivity index (χ3v) is 3.04. The zero-order valence-corrected chi connectivity index (χ0v) is 9.03. The molecular formula is C10H10N2O2S. The molecule has 0 saturated heterocycles. The highest BCUT2D eigenvalue weighted by molar-refractivity contribution is 7.12. The molecule has 5 heteroatoms. The molecule has 0 radical (unpaired) electrons. The van der Waals surface area contributed by atoms with Crippen LogP contribution in [0.25, 0.3) is 0 Å². The number of hydrogen-bond acceptors (Lipinski definition) is 3. The first-order valence-electron chi connectivity index (χ1n) is 4.47. The summed E-state index contributed by atoms with van der Waals surface area (Å²) in [6.45, 7) is 0.111. The standard InChI is InChI=1S/C10H10N2O2S/c1-11-4-5-12(10(11)14)7-8(13)9-3-2-6-15-9/h2-6H,7H2,1H3. The molecule has 78 valence electrons. The van der Waals surface area contributed by atoms with Gasteiger partial charge in [0.2, 0.25) is 0 Å². The van der Waals surface area contributed by atoms with E-state index in [1.54, 1.807) is 25.5 Å². The van der Waals surface area contributed by atoms with Gasteiger partial charge in [-0.3, -0.25) is 9.36 Å². The molecular weight excluding hydrogens is 212 g/mol. The number of Topliss-reactive ketones (excluding diaryl/α,β-unsaturated/α-hetero) is 1. The molecule has 0 N–H and O–H groups in total. The summed E-state index contributed by atoms with van der Waals surface area (Å²) in [6, 6.07) is 3.59. The molecule has 0 atom stereocenters. The van der Waals surface area contributed by atoms with Gasteiger partial charge in [0, 0.05) is 19.4 Å². The number of ketones is 1. The monoisotopic (exact) mass is 222 g/mol. The first kappa shape index (κ1) is 9.92. The normalized spacial score (nSPS) is 10.5. The molecule has 0 amide bonds. The Balaban J connectivity index is 2.20. The average Bonchev–Trinajstić information content (AvgIpc) is 2.83. The zero-order valence-electron chi connectivity index (χ0n) is 8.21. The van der Waals surface area contributed by atoms with Crippen LogP contribution in [0.3, 0.4) is 0 Å². The number of aryl methyl sites for hydroxylation is 1. The SMILES string of the molecule is Cn1ccn(CC(=O)c2cccs2)c1=O. The highest BCUT2D eigenvalue weighted by atomic mass is 32.1. The van der Waals surface area contributed by atoms with E-state index in [2.05, 4.69) is 0 Å². The first-order valence-corrected chi connectivity index (χ1v) is 5.35. The van der Waals surface area contributed by atoms with Crippen LogP contribution in [0.2, 0.25) is 0 Å². The lowest BCUT2D eigenvalue weighted by molar-refractivity contribution is 0.0974. The minimum Gasteiger partial charge on any atom is -0.302 e. The van der Waals surface area contributed by atoms with Crippen LogP contribution in [-0.2, 0) is 13.6 Å². The lowest BCUT2D eigenvalue weighted by Gasteiger charge is -1.97. The second-order valence-electron chi connectivity index (χ2n) is 3.22. The maximum atomic E-state index is 11.7. The van der Waals surface area contributed by atoms with Crippen molar-refractivity contribution < 1.29 is 4.79 Å². The van der Waals surface area contributed by atoms with Crippen LogP contribution in [0.5, 0.6) is 0 Å². The third-order valence-electron chi connectivity index (χ3n) is 2.13. The van der Waals surface area contributed by atoms with Gasteiger partial charge in [-0.05, 0) is 11.4 Å². The number of carbonyl (C=O) groups is 1. The van der Waals surface area contributed by atoms with Crippen LogP contribution in [0.4, 0.5) is 0 Å². The fourth-order valence-corrected chi connectivity index (χ4v) is 1.96. The number of thiophene rings is 1. The number of rotatable bonds is 3. The Morgan fingerprint density at radius 1 is 1.47 bits per heavy atom. The Morgan fingerprint density at radius 2 is 2.27 bits per heavy atom. The fraction of sp³-hybridized carbons (Fsp3) is 0.200. The molecule has 15 heavy (non-hydrogen) atoms. The van der Waals surface area contributed by atoms with Crippen molar-refractivity contribution in [2.24, 2.45) is 7.05 Å². The summed E-state index contributed by atoms with van der Waals surface area (Å²) >= 11 is 1.39. The number of imidazole rings is 1. The van der Waals surface area contributed by atoms with E-state index < -0.39 is 0 Å². The Bertz CT molecular complexity index is 522. The van der Waals surface area contributed by atoms with E-state index in [1.165, 1.54) is 20.5 Å². The van der Waals surface area contributed by atoms with Crippen molar-refractivity contribution in [3.05, 3.63) is 45.3 Å². The largest absolute Gasteiger partial charge is 0.328 e. The van der Waals surface area contributed by atoms with Crippen molar-refractivity contribution in [3.8, 4) is 0 Å². The summed E-state index contributed by atoms with van der Waals surface area (Å²) in [4.78, 5) is 23.8. The smallest absolute Gasteiger partial charge is 0.302 e. The lowest BCUT2D eigenvalue weighted by atomic mass is 10.3. The first-order chi connectivity index (χ1) is 7.18. The van der Waals surface area contributed by atoms with Crippen molar-refractivity contribution in [1.29, 1.82) is 0 Å². The third kappa shape index (κ3) is 1.92. The molecule has 0 unspecified atom stereocenters. The average molecular weight is 222 g/mol. The molecule has 2 heterocycles.